The Bertz CT molecular complexity index is 2790. The van der Waals surface area contributed by atoms with Gasteiger partial charge in [-0.2, -0.15) is 0 Å². The summed E-state index contributed by atoms with van der Waals surface area (Å²) >= 11 is 0. The number of oxazole rings is 1. The topological polar surface area (TPSA) is 55.6 Å². The summed E-state index contributed by atoms with van der Waals surface area (Å²) in [6.45, 7) is 0. The van der Waals surface area contributed by atoms with Gasteiger partial charge < -0.3 is 18.2 Å². The number of anilines is 3. The summed E-state index contributed by atoms with van der Waals surface area (Å²) in [6.07, 6.45) is 0. The van der Waals surface area contributed by atoms with Crippen molar-refractivity contribution in [3.05, 3.63) is 158 Å². The number of benzene rings is 7. The minimum atomic E-state index is 0.591. The molecule has 0 fully saturated rings. The van der Waals surface area contributed by atoms with Crippen LogP contribution < -0.4 is 4.90 Å². The monoisotopic (exact) mass is 618 g/mol. The van der Waals surface area contributed by atoms with E-state index in [1.165, 1.54) is 0 Å². The average molecular weight is 619 g/mol. The first-order valence-electron chi connectivity index (χ1n) is 15.9. The van der Waals surface area contributed by atoms with Crippen molar-refractivity contribution in [1.29, 1.82) is 0 Å². The fraction of sp³-hybridized carbons (Fsp3) is 0. The second-order valence-electron chi connectivity index (χ2n) is 12.0. The van der Waals surface area contributed by atoms with Gasteiger partial charge in [0.1, 0.15) is 27.8 Å². The minimum absolute atomic E-state index is 0.591. The summed E-state index contributed by atoms with van der Waals surface area (Å²) < 4.78 is 19.0. The molecule has 0 unspecified atom stereocenters. The fourth-order valence-electron chi connectivity index (χ4n) is 6.78. The maximum Gasteiger partial charge on any atom is 0.227 e. The molecule has 7 aromatic carbocycles. The molecule has 0 aliphatic heterocycles. The Balaban J connectivity index is 1.16. The maximum atomic E-state index is 6.37. The van der Waals surface area contributed by atoms with E-state index in [0.717, 1.165) is 88.7 Å². The number of nitrogens with zero attached hydrogens (tertiary/aromatic N) is 2. The molecule has 0 aliphatic rings. The van der Waals surface area contributed by atoms with Crippen LogP contribution in [-0.2, 0) is 0 Å². The molecule has 10 aromatic rings. The molecule has 0 saturated heterocycles. The van der Waals surface area contributed by atoms with Crippen LogP contribution in [0.3, 0.4) is 0 Å². The van der Waals surface area contributed by atoms with Gasteiger partial charge in [0.15, 0.2) is 5.58 Å². The van der Waals surface area contributed by atoms with Crippen molar-refractivity contribution in [2.24, 2.45) is 0 Å². The van der Waals surface area contributed by atoms with Gasteiger partial charge in [0, 0.05) is 56.3 Å². The highest BCUT2D eigenvalue weighted by Crippen LogP contribution is 2.42. The first-order chi connectivity index (χ1) is 23.7. The zero-order chi connectivity index (χ0) is 31.6. The Kier molecular flexibility index (Phi) is 5.81. The van der Waals surface area contributed by atoms with Gasteiger partial charge in [-0.1, -0.05) is 78.9 Å². The summed E-state index contributed by atoms with van der Waals surface area (Å²) in [5.74, 6) is 0.591. The Labute approximate surface area is 274 Å². The van der Waals surface area contributed by atoms with Crippen LogP contribution in [0.4, 0.5) is 17.1 Å². The number of fused-ring (bicyclic) bond motifs is 7. The maximum absolute atomic E-state index is 6.37. The van der Waals surface area contributed by atoms with Crippen LogP contribution in [0.2, 0.25) is 0 Å². The Morgan fingerprint density at radius 3 is 1.83 bits per heavy atom. The third kappa shape index (κ3) is 4.29. The smallest absolute Gasteiger partial charge is 0.227 e. The summed E-state index contributed by atoms with van der Waals surface area (Å²) in [5.41, 5.74) is 11.0. The lowest BCUT2D eigenvalue weighted by Crippen LogP contribution is -2.09. The standard InChI is InChI=1S/C43H26N2O3/c1-3-10-27(11-4-1)29-14-9-15-30(22-29)45(32-18-20-34-33-16-7-8-17-38(33)46-40(34)24-32)31-19-21-39-35(23-31)36-25-42-37(26-41(36)47-39)44-43(48-42)28-12-5-2-6-13-28/h1-26H. The van der Waals surface area contributed by atoms with E-state index in [4.69, 9.17) is 18.2 Å². The second kappa shape index (κ2) is 10.5. The number of hydrogen-bond acceptors (Lipinski definition) is 5. The van der Waals surface area contributed by atoms with Gasteiger partial charge in [-0.15, -0.1) is 0 Å². The molecule has 0 spiro atoms. The molecule has 0 radical (unpaired) electrons. The average Bonchev–Trinajstić information content (AvgIpc) is 3.84. The van der Waals surface area contributed by atoms with Crippen molar-refractivity contribution in [1.82, 2.24) is 4.98 Å². The van der Waals surface area contributed by atoms with Gasteiger partial charge in [0.2, 0.25) is 5.89 Å². The number of aromatic nitrogens is 1. The first-order valence-corrected chi connectivity index (χ1v) is 15.9. The lowest BCUT2D eigenvalue weighted by atomic mass is 10.0. The summed E-state index contributed by atoms with van der Waals surface area (Å²) in [4.78, 5) is 7.03. The van der Waals surface area contributed by atoms with E-state index in [1.54, 1.807) is 0 Å². The molecule has 0 aliphatic carbocycles. The lowest BCUT2D eigenvalue weighted by Gasteiger charge is -2.26. The normalized spacial score (nSPS) is 11.8. The van der Waals surface area contributed by atoms with Crippen molar-refractivity contribution in [2.45, 2.75) is 0 Å². The minimum Gasteiger partial charge on any atom is -0.456 e. The van der Waals surface area contributed by atoms with Crippen LogP contribution in [0.5, 0.6) is 0 Å². The van der Waals surface area contributed by atoms with E-state index >= 15 is 0 Å². The molecule has 0 N–H and O–H groups in total. The molecule has 3 heterocycles. The third-order valence-corrected chi connectivity index (χ3v) is 9.07. The van der Waals surface area contributed by atoms with Crippen LogP contribution in [0, 0.1) is 0 Å². The summed E-state index contributed by atoms with van der Waals surface area (Å²) in [5, 5.41) is 4.17. The number of hydrogen-bond donors (Lipinski definition) is 0. The lowest BCUT2D eigenvalue weighted by molar-refractivity contribution is 0.620. The van der Waals surface area contributed by atoms with Gasteiger partial charge >= 0.3 is 0 Å². The largest absolute Gasteiger partial charge is 0.456 e. The van der Waals surface area contributed by atoms with Crippen LogP contribution in [0.25, 0.3) is 77.6 Å². The summed E-state index contributed by atoms with van der Waals surface area (Å²) in [7, 11) is 0. The molecule has 226 valence electrons. The summed E-state index contributed by atoms with van der Waals surface area (Å²) in [6, 6.07) is 54.1. The second-order valence-corrected chi connectivity index (χ2v) is 12.0. The molecule has 5 nitrogen and oxygen atoms in total. The van der Waals surface area contributed by atoms with Crippen molar-refractivity contribution in [3.8, 4) is 22.6 Å². The van der Waals surface area contributed by atoms with Gasteiger partial charge in [-0.25, -0.2) is 4.98 Å². The fourth-order valence-corrected chi connectivity index (χ4v) is 6.78. The van der Waals surface area contributed by atoms with Crippen molar-refractivity contribution >= 4 is 72.0 Å². The molecule has 3 aromatic heterocycles. The van der Waals surface area contributed by atoms with Crippen molar-refractivity contribution < 1.29 is 13.3 Å². The van der Waals surface area contributed by atoms with E-state index in [-0.39, 0.29) is 0 Å². The van der Waals surface area contributed by atoms with Gasteiger partial charge in [0.05, 0.1) is 0 Å². The highest BCUT2D eigenvalue weighted by molar-refractivity contribution is 6.10. The molecule has 0 amide bonds. The zero-order valence-corrected chi connectivity index (χ0v) is 25.6. The quantitative estimate of drug-likeness (QED) is 0.192. The predicted octanol–water partition coefficient (Wildman–Crippen LogP) is 12.4. The zero-order valence-electron chi connectivity index (χ0n) is 25.6. The Morgan fingerprint density at radius 1 is 0.354 bits per heavy atom. The third-order valence-electron chi connectivity index (χ3n) is 9.07. The first kappa shape index (κ1) is 26.6. The van der Waals surface area contributed by atoms with E-state index in [2.05, 4.69) is 89.8 Å². The van der Waals surface area contributed by atoms with Crippen LogP contribution in [0.1, 0.15) is 0 Å². The van der Waals surface area contributed by atoms with Crippen LogP contribution in [0.15, 0.2) is 171 Å². The van der Waals surface area contributed by atoms with E-state index < -0.39 is 0 Å². The number of rotatable bonds is 5. The predicted molar refractivity (Wildman–Crippen MR) is 194 cm³/mol. The van der Waals surface area contributed by atoms with E-state index in [1.807, 2.05) is 72.8 Å². The molecule has 5 heteroatoms. The van der Waals surface area contributed by atoms with Crippen LogP contribution >= 0.6 is 0 Å². The van der Waals surface area contributed by atoms with Gasteiger partial charge in [0.25, 0.3) is 0 Å². The molecule has 0 atom stereocenters. The molecular formula is C43H26N2O3. The highest BCUT2D eigenvalue weighted by Gasteiger charge is 2.19. The van der Waals surface area contributed by atoms with E-state index in [9.17, 15) is 0 Å². The molecule has 10 rings (SSSR count). The van der Waals surface area contributed by atoms with Crippen molar-refractivity contribution in [2.75, 3.05) is 4.90 Å². The van der Waals surface area contributed by atoms with Crippen molar-refractivity contribution in [3.63, 3.8) is 0 Å². The van der Waals surface area contributed by atoms with E-state index in [0.29, 0.717) is 5.89 Å². The number of para-hydroxylation sites is 1. The van der Waals surface area contributed by atoms with Crippen LogP contribution in [-0.4, -0.2) is 4.98 Å². The Morgan fingerprint density at radius 2 is 0.979 bits per heavy atom. The Hall–Kier alpha value is -6.59. The molecule has 48 heavy (non-hydrogen) atoms. The molecular weight excluding hydrogens is 592 g/mol. The molecule has 0 saturated carbocycles. The SMILES string of the molecule is c1ccc(-c2cccc(N(c3ccc4c(c3)oc3ccccc34)c3ccc4oc5cc6nc(-c7ccccc7)oc6cc5c4c3)c2)cc1. The number of furan rings is 2. The highest BCUT2D eigenvalue weighted by atomic mass is 16.4. The van der Waals surface area contributed by atoms with Gasteiger partial charge in [-0.3, -0.25) is 0 Å². The molecule has 0 bridgehead atoms. The van der Waals surface area contributed by atoms with Gasteiger partial charge in [-0.05, 0) is 77.9 Å².